The predicted octanol–water partition coefficient (Wildman–Crippen LogP) is 1.69. The zero-order valence-corrected chi connectivity index (χ0v) is 10.1. The van der Waals surface area contributed by atoms with Gasteiger partial charge in [-0.25, -0.2) is 4.39 Å². The molecule has 3 rings (SSSR count). The second-order valence-corrected chi connectivity index (χ2v) is 4.59. The number of aromatic amines is 1. The summed E-state index contributed by atoms with van der Waals surface area (Å²) in [5, 5.41) is 16.2. The molecule has 1 aromatic heterocycles. The van der Waals surface area contributed by atoms with Crippen LogP contribution in [0.5, 0.6) is 0 Å². The zero-order chi connectivity index (χ0) is 13.2. The van der Waals surface area contributed by atoms with Crippen LogP contribution >= 0.6 is 0 Å². The summed E-state index contributed by atoms with van der Waals surface area (Å²) in [7, 11) is 0. The van der Waals surface area contributed by atoms with Gasteiger partial charge >= 0.3 is 0 Å². The molecule has 0 amide bonds. The molecule has 1 saturated carbocycles. The van der Waals surface area contributed by atoms with E-state index in [4.69, 9.17) is 5.11 Å². The molecule has 4 heteroatoms. The van der Waals surface area contributed by atoms with E-state index in [1.54, 1.807) is 12.3 Å². The smallest absolute Gasteiger partial charge is 0.141 e. The average molecular weight is 254 g/mol. The van der Waals surface area contributed by atoms with Gasteiger partial charge in [0.05, 0.1) is 17.3 Å². The van der Waals surface area contributed by atoms with Gasteiger partial charge in [-0.2, -0.15) is 5.10 Å². The minimum Gasteiger partial charge on any atom is -0.396 e. The molecule has 2 aromatic rings. The summed E-state index contributed by atoms with van der Waals surface area (Å²) in [4.78, 5) is 0. The van der Waals surface area contributed by atoms with Crippen molar-refractivity contribution >= 4 is 10.9 Å². The van der Waals surface area contributed by atoms with Crippen molar-refractivity contribution in [3.05, 3.63) is 29.7 Å². The molecule has 0 radical (unpaired) electrons. The second kappa shape index (κ2) is 4.76. The second-order valence-electron chi connectivity index (χ2n) is 4.59. The molecular weight excluding hydrogens is 243 g/mol. The number of benzene rings is 1. The number of aliphatic hydroxyl groups is 1. The van der Waals surface area contributed by atoms with Gasteiger partial charge in [0.25, 0.3) is 0 Å². The molecule has 0 unspecified atom stereocenters. The van der Waals surface area contributed by atoms with Crippen LogP contribution in [0, 0.1) is 41.3 Å². The van der Waals surface area contributed by atoms with Crippen molar-refractivity contribution in [1.82, 2.24) is 10.2 Å². The van der Waals surface area contributed by atoms with E-state index in [1.807, 2.05) is 0 Å². The fourth-order valence-corrected chi connectivity index (χ4v) is 1.91. The summed E-state index contributed by atoms with van der Waals surface area (Å²) in [6.45, 7) is 0.179. The molecule has 19 heavy (non-hydrogen) atoms. The third kappa shape index (κ3) is 2.45. The number of H-pyrrole nitrogens is 1. The van der Waals surface area contributed by atoms with Gasteiger partial charge in [-0.1, -0.05) is 5.92 Å². The number of aliphatic hydroxyl groups excluding tert-OH is 1. The lowest BCUT2D eigenvalue weighted by molar-refractivity contribution is 0.273. The van der Waals surface area contributed by atoms with Gasteiger partial charge in [-0.05, 0) is 36.2 Å². The van der Waals surface area contributed by atoms with E-state index >= 15 is 0 Å². The van der Waals surface area contributed by atoms with Crippen LogP contribution in [0.1, 0.15) is 12.0 Å². The maximum absolute atomic E-state index is 13.7. The van der Waals surface area contributed by atoms with Crippen LogP contribution in [0.15, 0.2) is 18.3 Å². The van der Waals surface area contributed by atoms with E-state index in [0.29, 0.717) is 17.0 Å². The molecule has 3 nitrogen and oxygen atoms in total. The third-order valence-corrected chi connectivity index (χ3v) is 3.20. The van der Waals surface area contributed by atoms with E-state index in [0.717, 1.165) is 11.8 Å². The van der Waals surface area contributed by atoms with Crippen molar-refractivity contribution in [2.45, 2.75) is 6.42 Å². The molecule has 2 atom stereocenters. The SMILES string of the molecule is OC[C@H]1C[C@@H]1C#CC#Cc1cc2cn[nH]c2cc1F. The molecule has 1 aliphatic rings. The summed E-state index contributed by atoms with van der Waals surface area (Å²) >= 11 is 0. The van der Waals surface area contributed by atoms with Crippen molar-refractivity contribution in [2.24, 2.45) is 11.8 Å². The first-order valence-corrected chi connectivity index (χ1v) is 6.03. The van der Waals surface area contributed by atoms with E-state index in [-0.39, 0.29) is 18.3 Å². The number of rotatable bonds is 1. The maximum atomic E-state index is 13.7. The van der Waals surface area contributed by atoms with Gasteiger partial charge in [-0.15, -0.1) is 0 Å². The van der Waals surface area contributed by atoms with Gasteiger partial charge in [0, 0.05) is 24.0 Å². The monoisotopic (exact) mass is 254 g/mol. The van der Waals surface area contributed by atoms with Crippen molar-refractivity contribution in [1.29, 1.82) is 0 Å². The van der Waals surface area contributed by atoms with Gasteiger partial charge in [0.2, 0.25) is 0 Å². The van der Waals surface area contributed by atoms with Crippen LogP contribution in [0.2, 0.25) is 0 Å². The van der Waals surface area contributed by atoms with Crippen LogP contribution in [0.25, 0.3) is 10.9 Å². The Hall–Kier alpha value is -2.30. The zero-order valence-electron chi connectivity index (χ0n) is 10.1. The summed E-state index contributed by atoms with van der Waals surface area (Å²) in [5.74, 6) is 11.2. The van der Waals surface area contributed by atoms with Crippen molar-refractivity contribution in [3.8, 4) is 23.7 Å². The lowest BCUT2D eigenvalue weighted by Gasteiger charge is -1.93. The number of halogens is 1. The summed E-state index contributed by atoms with van der Waals surface area (Å²) in [5.41, 5.74) is 0.968. The average Bonchev–Trinajstić information content (AvgIpc) is 3.03. The summed E-state index contributed by atoms with van der Waals surface area (Å²) in [6.07, 6.45) is 2.56. The van der Waals surface area contributed by atoms with E-state index < -0.39 is 0 Å². The number of nitrogens with one attached hydrogen (secondary N) is 1. The highest BCUT2D eigenvalue weighted by atomic mass is 19.1. The Morgan fingerprint density at radius 2 is 2.32 bits per heavy atom. The first-order chi connectivity index (χ1) is 9.28. The first kappa shape index (κ1) is 11.8. The van der Waals surface area contributed by atoms with Crippen LogP contribution in [-0.2, 0) is 0 Å². The number of hydrogen-bond acceptors (Lipinski definition) is 2. The largest absolute Gasteiger partial charge is 0.396 e. The van der Waals surface area contributed by atoms with E-state index in [9.17, 15) is 4.39 Å². The van der Waals surface area contributed by atoms with Crippen LogP contribution in [0.3, 0.4) is 0 Å². The Bertz CT molecular complexity index is 742. The van der Waals surface area contributed by atoms with Crippen LogP contribution in [0.4, 0.5) is 4.39 Å². The van der Waals surface area contributed by atoms with Crippen molar-refractivity contribution < 1.29 is 9.50 Å². The number of hydrogen-bond donors (Lipinski definition) is 2. The molecular formula is C15H11FN2O. The Kier molecular flexibility index (Phi) is 2.95. The fraction of sp³-hybridized carbons (Fsp3) is 0.267. The molecule has 0 saturated heterocycles. The molecule has 0 spiro atoms. The highest BCUT2D eigenvalue weighted by molar-refractivity contribution is 5.79. The Balaban J connectivity index is 1.80. The van der Waals surface area contributed by atoms with Crippen LogP contribution in [-0.4, -0.2) is 21.9 Å². The number of nitrogens with zero attached hydrogens (tertiary/aromatic N) is 1. The van der Waals surface area contributed by atoms with Gasteiger partial charge in [-0.3, -0.25) is 5.10 Å². The third-order valence-electron chi connectivity index (χ3n) is 3.20. The predicted molar refractivity (Wildman–Crippen MR) is 69.4 cm³/mol. The first-order valence-electron chi connectivity index (χ1n) is 6.03. The highest BCUT2D eigenvalue weighted by Crippen LogP contribution is 2.36. The topological polar surface area (TPSA) is 48.9 Å². The van der Waals surface area contributed by atoms with E-state index in [1.165, 1.54) is 6.07 Å². The van der Waals surface area contributed by atoms with Crippen LogP contribution < -0.4 is 0 Å². The minimum absolute atomic E-state index is 0.179. The Morgan fingerprint density at radius 3 is 3.11 bits per heavy atom. The molecule has 0 aliphatic heterocycles. The molecule has 1 heterocycles. The van der Waals surface area contributed by atoms with Gasteiger partial charge in [0.15, 0.2) is 0 Å². The number of fused-ring (bicyclic) bond motifs is 1. The highest BCUT2D eigenvalue weighted by Gasteiger charge is 2.34. The summed E-state index contributed by atoms with van der Waals surface area (Å²) in [6, 6.07) is 3.03. The van der Waals surface area contributed by atoms with Gasteiger partial charge in [0.1, 0.15) is 5.82 Å². The maximum Gasteiger partial charge on any atom is 0.141 e. The fourth-order valence-electron chi connectivity index (χ4n) is 1.91. The van der Waals surface area contributed by atoms with Gasteiger partial charge < -0.3 is 5.11 Å². The Labute approximate surface area is 109 Å². The molecule has 0 bridgehead atoms. The minimum atomic E-state index is -0.384. The van der Waals surface area contributed by atoms with Crippen molar-refractivity contribution in [3.63, 3.8) is 0 Å². The molecule has 1 fully saturated rings. The lowest BCUT2D eigenvalue weighted by atomic mass is 10.1. The molecule has 1 aliphatic carbocycles. The summed E-state index contributed by atoms with van der Waals surface area (Å²) < 4.78 is 13.7. The molecule has 2 N–H and O–H groups in total. The lowest BCUT2D eigenvalue weighted by Crippen LogP contribution is -1.85. The molecule has 94 valence electrons. The quantitative estimate of drug-likeness (QED) is 0.761. The standard InChI is InChI=1S/C15H11FN2O/c16-14-7-15-12(8-17-18-15)6-11(14)4-2-1-3-10-5-13(10)9-19/h6-8,10,13,19H,5,9H2,(H,17,18)/t10-,13+/m0/s1. The van der Waals surface area contributed by atoms with E-state index in [2.05, 4.69) is 33.9 Å². The molecule has 1 aromatic carbocycles. The number of aromatic nitrogens is 2. The normalized spacial score (nSPS) is 20.3. The van der Waals surface area contributed by atoms with Crippen molar-refractivity contribution in [2.75, 3.05) is 6.61 Å². The Morgan fingerprint density at radius 1 is 1.42 bits per heavy atom.